The van der Waals surface area contributed by atoms with Gasteiger partial charge in [0.25, 0.3) is 0 Å². The monoisotopic (exact) mass is 252 g/mol. The molecule has 4 aliphatic carbocycles. The van der Waals surface area contributed by atoms with Crippen molar-refractivity contribution in [2.75, 3.05) is 0 Å². The van der Waals surface area contributed by atoms with Crippen molar-refractivity contribution in [2.24, 2.45) is 11.8 Å². The molecule has 18 heavy (non-hydrogen) atoms. The molecule has 0 amide bonds. The molecule has 0 N–H and O–H groups in total. The third-order valence-corrected chi connectivity index (χ3v) is 4.67. The molecular formula is C14H20O4. The van der Waals surface area contributed by atoms with Crippen LogP contribution in [0.25, 0.3) is 0 Å². The van der Waals surface area contributed by atoms with Crippen LogP contribution in [0.4, 0.5) is 0 Å². The molecular weight excluding hydrogens is 232 g/mol. The van der Waals surface area contributed by atoms with Crippen molar-refractivity contribution >= 4 is 11.9 Å². The number of hydrogen-bond acceptors (Lipinski definition) is 4. The summed E-state index contributed by atoms with van der Waals surface area (Å²) in [5.74, 6) is 0.666. The van der Waals surface area contributed by atoms with Gasteiger partial charge in [-0.2, -0.15) is 0 Å². The lowest BCUT2D eigenvalue weighted by atomic mass is 9.52. The SMILES string of the molecule is CC(=O)OC12CC3CC(C1)CC(OC(C)=O)(C3)C2. The summed E-state index contributed by atoms with van der Waals surface area (Å²) in [6, 6.07) is 0. The van der Waals surface area contributed by atoms with Gasteiger partial charge in [-0.1, -0.05) is 0 Å². The quantitative estimate of drug-likeness (QED) is 0.707. The fourth-order valence-corrected chi connectivity index (χ4v) is 4.94. The summed E-state index contributed by atoms with van der Waals surface area (Å²) in [6.45, 7) is 2.94. The molecule has 0 aromatic rings. The zero-order valence-electron chi connectivity index (χ0n) is 11.0. The van der Waals surface area contributed by atoms with Crippen LogP contribution < -0.4 is 0 Å². The molecule has 0 atom stereocenters. The van der Waals surface area contributed by atoms with Crippen LogP contribution in [0.1, 0.15) is 52.4 Å². The molecule has 0 aliphatic heterocycles. The van der Waals surface area contributed by atoms with E-state index in [0.717, 1.165) is 25.7 Å². The van der Waals surface area contributed by atoms with Gasteiger partial charge in [-0.3, -0.25) is 9.59 Å². The number of esters is 2. The summed E-state index contributed by atoms with van der Waals surface area (Å²) in [5, 5.41) is 0. The highest BCUT2D eigenvalue weighted by Crippen LogP contribution is 2.60. The zero-order chi connectivity index (χ0) is 13.0. The van der Waals surface area contributed by atoms with Crippen molar-refractivity contribution < 1.29 is 19.1 Å². The Morgan fingerprint density at radius 2 is 1.28 bits per heavy atom. The summed E-state index contributed by atoms with van der Waals surface area (Å²) >= 11 is 0. The van der Waals surface area contributed by atoms with Crippen LogP contribution in [-0.4, -0.2) is 23.1 Å². The maximum Gasteiger partial charge on any atom is 0.303 e. The van der Waals surface area contributed by atoms with Gasteiger partial charge in [0.2, 0.25) is 0 Å². The van der Waals surface area contributed by atoms with Crippen LogP contribution in [0, 0.1) is 11.8 Å². The maximum atomic E-state index is 11.3. The van der Waals surface area contributed by atoms with E-state index in [1.54, 1.807) is 0 Å². The van der Waals surface area contributed by atoms with Crippen molar-refractivity contribution in [3.05, 3.63) is 0 Å². The first-order valence-corrected chi connectivity index (χ1v) is 6.80. The van der Waals surface area contributed by atoms with Crippen LogP contribution in [0.2, 0.25) is 0 Å². The summed E-state index contributed by atoms with van der Waals surface area (Å²) in [6.07, 6.45) is 5.70. The first kappa shape index (κ1) is 12.0. The van der Waals surface area contributed by atoms with Crippen molar-refractivity contribution in [3.8, 4) is 0 Å². The molecule has 4 fully saturated rings. The van der Waals surface area contributed by atoms with E-state index >= 15 is 0 Å². The molecule has 0 spiro atoms. The minimum atomic E-state index is -0.356. The lowest BCUT2D eigenvalue weighted by Crippen LogP contribution is -2.61. The molecule has 0 unspecified atom stereocenters. The highest BCUT2D eigenvalue weighted by Gasteiger charge is 2.61. The largest absolute Gasteiger partial charge is 0.459 e. The lowest BCUT2D eigenvalue weighted by molar-refractivity contribution is -0.229. The second kappa shape index (κ2) is 3.72. The Morgan fingerprint density at radius 1 is 0.889 bits per heavy atom. The Morgan fingerprint density at radius 3 is 1.61 bits per heavy atom. The second-order valence-corrected chi connectivity index (χ2v) is 6.51. The molecule has 0 radical (unpaired) electrons. The molecule has 0 aromatic carbocycles. The zero-order valence-corrected chi connectivity index (χ0v) is 11.0. The smallest absolute Gasteiger partial charge is 0.303 e. The summed E-state index contributed by atoms with van der Waals surface area (Å²) in [7, 11) is 0. The van der Waals surface area contributed by atoms with Gasteiger partial charge in [0.15, 0.2) is 0 Å². The van der Waals surface area contributed by atoms with Crippen LogP contribution in [0.3, 0.4) is 0 Å². The van der Waals surface area contributed by atoms with Gasteiger partial charge in [-0.15, -0.1) is 0 Å². The van der Waals surface area contributed by atoms with E-state index < -0.39 is 0 Å². The van der Waals surface area contributed by atoms with Crippen LogP contribution >= 0.6 is 0 Å². The Kier molecular flexibility index (Phi) is 2.48. The summed E-state index contributed by atoms with van der Waals surface area (Å²) in [4.78, 5) is 22.6. The van der Waals surface area contributed by atoms with Crippen LogP contribution in [0.15, 0.2) is 0 Å². The van der Waals surface area contributed by atoms with Gasteiger partial charge in [0.05, 0.1) is 0 Å². The van der Waals surface area contributed by atoms with Gasteiger partial charge in [0, 0.05) is 20.3 Å². The number of carbonyl (C=O) groups excluding carboxylic acids is 2. The predicted molar refractivity (Wildman–Crippen MR) is 63.7 cm³/mol. The Balaban J connectivity index is 1.87. The predicted octanol–water partition coefficient (Wildman–Crippen LogP) is 2.20. The first-order valence-electron chi connectivity index (χ1n) is 6.80. The van der Waals surface area contributed by atoms with Crippen LogP contribution in [-0.2, 0) is 19.1 Å². The number of hydrogen-bond donors (Lipinski definition) is 0. The number of ether oxygens (including phenoxy) is 2. The highest BCUT2D eigenvalue weighted by molar-refractivity contribution is 5.67. The summed E-state index contributed by atoms with van der Waals surface area (Å²) in [5.41, 5.74) is -0.712. The van der Waals surface area contributed by atoms with Gasteiger partial charge < -0.3 is 9.47 Å². The van der Waals surface area contributed by atoms with E-state index in [4.69, 9.17) is 9.47 Å². The average molecular weight is 252 g/mol. The molecule has 4 bridgehead atoms. The van der Waals surface area contributed by atoms with E-state index in [9.17, 15) is 9.59 Å². The third kappa shape index (κ3) is 1.91. The number of carbonyl (C=O) groups is 2. The normalized spacial score (nSPS) is 44.8. The topological polar surface area (TPSA) is 52.6 Å². The molecule has 4 nitrogen and oxygen atoms in total. The van der Waals surface area contributed by atoms with E-state index in [1.165, 1.54) is 20.3 Å². The van der Waals surface area contributed by atoms with Gasteiger partial charge in [-0.05, 0) is 43.9 Å². The van der Waals surface area contributed by atoms with Crippen LogP contribution in [0.5, 0.6) is 0 Å². The van der Waals surface area contributed by atoms with Gasteiger partial charge in [0.1, 0.15) is 11.2 Å². The van der Waals surface area contributed by atoms with E-state index in [0.29, 0.717) is 18.3 Å². The molecule has 100 valence electrons. The fraction of sp³-hybridized carbons (Fsp3) is 0.857. The molecule has 4 saturated carbocycles. The maximum absolute atomic E-state index is 11.3. The molecule has 0 saturated heterocycles. The lowest BCUT2D eigenvalue weighted by Gasteiger charge is -2.60. The van der Waals surface area contributed by atoms with E-state index in [1.807, 2.05) is 0 Å². The Hall–Kier alpha value is -1.06. The highest BCUT2D eigenvalue weighted by atomic mass is 16.6. The Bertz CT molecular complexity index is 353. The second-order valence-electron chi connectivity index (χ2n) is 6.51. The third-order valence-electron chi connectivity index (χ3n) is 4.67. The molecule has 0 heterocycles. The molecule has 0 aromatic heterocycles. The van der Waals surface area contributed by atoms with E-state index in [-0.39, 0.29) is 23.1 Å². The van der Waals surface area contributed by atoms with Crippen molar-refractivity contribution in [1.82, 2.24) is 0 Å². The molecule has 4 aliphatic rings. The van der Waals surface area contributed by atoms with Crippen molar-refractivity contribution in [3.63, 3.8) is 0 Å². The van der Waals surface area contributed by atoms with Gasteiger partial charge in [-0.25, -0.2) is 0 Å². The van der Waals surface area contributed by atoms with Crippen molar-refractivity contribution in [1.29, 1.82) is 0 Å². The fourth-order valence-electron chi connectivity index (χ4n) is 4.94. The average Bonchev–Trinajstić information content (AvgIpc) is 2.08. The molecule has 4 rings (SSSR count). The number of rotatable bonds is 2. The standard InChI is InChI=1S/C14H20O4/c1-9(15)17-13-4-11-3-12(5-13)7-14(6-11,8-13)18-10(2)16/h11-12H,3-8H2,1-2H3. The molecule has 4 heteroatoms. The van der Waals surface area contributed by atoms with Gasteiger partial charge >= 0.3 is 11.9 Å². The minimum Gasteiger partial charge on any atom is -0.459 e. The van der Waals surface area contributed by atoms with Crippen molar-refractivity contribution in [2.45, 2.75) is 63.6 Å². The Labute approximate surface area is 107 Å². The van der Waals surface area contributed by atoms with E-state index in [2.05, 4.69) is 0 Å². The summed E-state index contributed by atoms with van der Waals surface area (Å²) < 4.78 is 11.3. The minimum absolute atomic E-state index is 0.213. The first-order chi connectivity index (χ1) is 8.40.